The minimum Gasteiger partial charge on any atom is -0.509 e. The Labute approximate surface area is 297 Å². The molecule has 5 nitrogen and oxygen atoms in total. The fraction of sp³-hybridized carbons (Fsp3) is 0.238. The maximum absolute atomic E-state index is 6.49. The molecular formula is C42H40N4OPt. The summed E-state index contributed by atoms with van der Waals surface area (Å²) in [7, 11) is 0. The fourth-order valence-corrected chi connectivity index (χ4v) is 6.95. The van der Waals surface area contributed by atoms with Crippen LogP contribution < -0.4 is 4.74 Å². The van der Waals surface area contributed by atoms with E-state index in [1.165, 1.54) is 33.5 Å². The van der Waals surface area contributed by atoms with Crippen LogP contribution in [0.5, 0.6) is 11.5 Å². The van der Waals surface area contributed by atoms with E-state index in [-0.39, 0.29) is 32.9 Å². The number of hydrogen-bond acceptors (Lipinski definition) is 3. The van der Waals surface area contributed by atoms with Crippen molar-refractivity contribution in [3.63, 3.8) is 0 Å². The predicted molar refractivity (Wildman–Crippen MR) is 192 cm³/mol. The van der Waals surface area contributed by atoms with Gasteiger partial charge in [-0.25, -0.2) is 4.98 Å². The molecule has 244 valence electrons. The number of rotatable bonds is 7. The zero-order valence-corrected chi connectivity index (χ0v) is 31.0. The number of aromatic nitrogens is 4. The Morgan fingerprint density at radius 1 is 0.688 bits per heavy atom. The van der Waals surface area contributed by atoms with Crippen LogP contribution in [0.2, 0.25) is 0 Å². The fourth-order valence-electron chi connectivity index (χ4n) is 6.95. The quantitative estimate of drug-likeness (QED) is 0.151. The molecule has 0 aliphatic carbocycles. The summed E-state index contributed by atoms with van der Waals surface area (Å²) in [6.07, 6.45) is 1.85. The van der Waals surface area contributed by atoms with Crippen molar-refractivity contribution in [2.75, 3.05) is 0 Å². The molecule has 0 radical (unpaired) electrons. The van der Waals surface area contributed by atoms with Crippen LogP contribution in [0.1, 0.15) is 73.2 Å². The van der Waals surface area contributed by atoms with Gasteiger partial charge in [-0.15, -0.1) is 35.7 Å². The minimum absolute atomic E-state index is 0. The van der Waals surface area contributed by atoms with E-state index >= 15 is 0 Å². The van der Waals surface area contributed by atoms with Crippen molar-refractivity contribution in [2.24, 2.45) is 0 Å². The summed E-state index contributed by atoms with van der Waals surface area (Å²) in [4.78, 5) is 4.71. The smallest absolute Gasteiger partial charge is 0.509 e. The SMILES string of the molecule is Cc1ccnc(-n2c3[c-]c(Oc4[c-]c(-n5nc(C(C)C)c(-c6c(C)cc(C)cc6C)c5C(C)C)ccc4)ccc3c3ccccc32)c1.[Pt+2]. The normalized spacial score (nSPS) is 11.5. The van der Waals surface area contributed by atoms with Crippen LogP contribution in [-0.4, -0.2) is 19.3 Å². The number of fused-ring (bicyclic) bond motifs is 3. The van der Waals surface area contributed by atoms with Gasteiger partial charge in [-0.2, -0.15) is 17.2 Å². The Kier molecular flexibility index (Phi) is 9.20. The van der Waals surface area contributed by atoms with E-state index in [9.17, 15) is 0 Å². The molecule has 0 saturated heterocycles. The van der Waals surface area contributed by atoms with E-state index in [0.717, 1.165) is 44.6 Å². The van der Waals surface area contributed by atoms with Gasteiger partial charge < -0.3 is 9.30 Å². The monoisotopic (exact) mass is 811 g/mol. The average molecular weight is 812 g/mol. The van der Waals surface area contributed by atoms with E-state index in [1.54, 1.807) is 0 Å². The van der Waals surface area contributed by atoms with Crippen molar-refractivity contribution in [1.29, 1.82) is 0 Å². The number of para-hydroxylation sites is 1. The Balaban J connectivity index is 0.00000401. The molecular weight excluding hydrogens is 772 g/mol. The van der Waals surface area contributed by atoms with Gasteiger partial charge >= 0.3 is 21.1 Å². The minimum atomic E-state index is 0. The first-order valence-electron chi connectivity index (χ1n) is 16.4. The molecule has 7 aromatic rings. The molecule has 0 bridgehead atoms. The van der Waals surface area contributed by atoms with Crippen LogP contribution in [0.3, 0.4) is 0 Å². The molecule has 0 N–H and O–H groups in total. The van der Waals surface area contributed by atoms with E-state index in [2.05, 4.69) is 131 Å². The van der Waals surface area contributed by atoms with Crippen LogP contribution in [-0.2, 0) is 21.1 Å². The van der Waals surface area contributed by atoms with Crippen molar-refractivity contribution < 1.29 is 25.8 Å². The second-order valence-electron chi connectivity index (χ2n) is 13.3. The molecule has 0 unspecified atom stereocenters. The van der Waals surface area contributed by atoms with Gasteiger partial charge in [0.1, 0.15) is 5.82 Å². The zero-order chi connectivity index (χ0) is 33.0. The third-order valence-corrected chi connectivity index (χ3v) is 8.86. The topological polar surface area (TPSA) is 44.9 Å². The first-order valence-corrected chi connectivity index (χ1v) is 16.4. The van der Waals surface area contributed by atoms with Gasteiger partial charge in [0, 0.05) is 28.8 Å². The molecule has 7 rings (SSSR count). The standard InChI is InChI=1S/C42H40N4O.Pt/c1-25(2)41-40(39-29(7)20-28(6)21-30(39)8)42(26(3)4)46(44-41)31-12-11-13-32(23-31)47-33-16-17-35-34-14-9-10-15-36(34)45(37(35)24-33)38-22-27(5)18-19-43-38;/h9-22,25-26H,1-8H3;/q-2;+2. The van der Waals surface area contributed by atoms with E-state index in [4.69, 9.17) is 14.8 Å². The number of aryl methyl sites for hydroxylation is 4. The second-order valence-corrected chi connectivity index (χ2v) is 13.3. The summed E-state index contributed by atoms with van der Waals surface area (Å²) in [6, 6.07) is 34.3. The van der Waals surface area contributed by atoms with Gasteiger partial charge in [-0.1, -0.05) is 69.1 Å². The molecule has 0 spiro atoms. The van der Waals surface area contributed by atoms with Gasteiger partial charge in [-0.05, 0) is 91.1 Å². The Morgan fingerprint density at radius 3 is 2.12 bits per heavy atom. The molecule has 0 aliphatic rings. The van der Waals surface area contributed by atoms with Gasteiger partial charge in [0.15, 0.2) is 0 Å². The second kappa shape index (κ2) is 13.2. The summed E-state index contributed by atoms with van der Waals surface area (Å²) in [5.41, 5.74) is 12.6. The number of hydrogen-bond donors (Lipinski definition) is 0. The maximum Gasteiger partial charge on any atom is 2.00 e. The molecule has 6 heteroatoms. The van der Waals surface area contributed by atoms with Crippen molar-refractivity contribution in [2.45, 2.75) is 67.2 Å². The summed E-state index contributed by atoms with van der Waals surface area (Å²) < 4.78 is 10.7. The van der Waals surface area contributed by atoms with Crippen LogP contribution in [0, 0.1) is 39.8 Å². The van der Waals surface area contributed by atoms with Crippen LogP contribution in [0.25, 0.3) is 44.4 Å². The van der Waals surface area contributed by atoms with E-state index in [1.807, 2.05) is 30.5 Å². The molecule has 0 amide bonds. The van der Waals surface area contributed by atoms with Gasteiger partial charge in [-0.3, -0.25) is 4.68 Å². The summed E-state index contributed by atoms with van der Waals surface area (Å²) >= 11 is 0. The summed E-state index contributed by atoms with van der Waals surface area (Å²) in [5.74, 6) is 2.56. The first kappa shape index (κ1) is 33.4. The molecule has 3 aromatic heterocycles. The first-order chi connectivity index (χ1) is 22.6. The van der Waals surface area contributed by atoms with Gasteiger partial charge in [0.2, 0.25) is 0 Å². The Hall–Kier alpha value is -4.47. The third-order valence-electron chi connectivity index (χ3n) is 8.86. The molecule has 0 aliphatic heterocycles. The van der Waals surface area contributed by atoms with E-state index < -0.39 is 0 Å². The molecule has 0 saturated carbocycles. The molecule has 0 atom stereocenters. The third kappa shape index (κ3) is 5.90. The predicted octanol–water partition coefficient (Wildman–Crippen LogP) is 10.9. The number of ether oxygens (including phenoxy) is 1. The Morgan fingerprint density at radius 2 is 1.42 bits per heavy atom. The van der Waals surface area contributed by atoms with Crippen molar-refractivity contribution in [1.82, 2.24) is 19.3 Å². The molecule has 4 aromatic carbocycles. The van der Waals surface area contributed by atoms with E-state index in [0.29, 0.717) is 11.5 Å². The summed E-state index contributed by atoms with van der Waals surface area (Å²) in [6.45, 7) is 17.6. The van der Waals surface area contributed by atoms with Crippen molar-refractivity contribution in [3.05, 3.63) is 131 Å². The van der Waals surface area contributed by atoms with Gasteiger partial charge in [0.05, 0.1) is 11.4 Å². The van der Waals surface area contributed by atoms with Crippen molar-refractivity contribution in [3.8, 4) is 34.1 Å². The molecule has 0 fully saturated rings. The maximum atomic E-state index is 6.49. The number of pyridine rings is 1. The summed E-state index contributed by atoms with van der Waals surface area (Å²) in [5, 5.41) is 7.51. The van der Waals surface area contributed by atoms with Crippen LogP contribution >= 0.6 is 0 Å². The van der Waals surface area contributed by atoms with Crippen molar-refractivity contribution >= 4 is 21.8 Å². The average Bonchev–Trinajstić information content (AvgIpc) is 3.58. The Bertz CT molecular complexity index is 2270. The van der Waals surface area contributed by atoms with Crippen LogP contribution in [0.15, 0.2) is 85.1 Å². The molecule has 3 heterocycles. The number of benzene rings is 4. The zero-order valence-electron chi connectivity index (χ0n) is 28.8. The largest absolute Gasteiger partial charge is 2.00 e. The number of nitrogens with zero attached hydrogens (tertiary/aromatic N) is 4. The van der Waals surface area contributed by atoms with Gasteiger partial charge in [0.25, 0.3) is 0 Å². The molecule has 48 heavy (non-hydrogen) atoms. The van der Waals surface area contributed by atoms with Crippen LogP contribution in [0.4, 0.5) is 0 Å².